The van der Waals surface area contributed by atoms with Crippen LogP contribution in [0, 0.1) is 0 Å². The molecule has 0 saturated heterocycles. The topological polar surface area (TPSA) is 122 Å². The smallest absolute Gasteiger partial charge is 0.261 e. The molecule has 3 aromatic rings. The van der Waals surface area contributed by atoms with Crippen LogP contribution in [0.3, 0.4) is 0 Å². The number of aromatic nitrogens is 1. The maximum atomic E-state index is 13.2. The first-order valence-electron chi connectivity index (χ1n) is 8.79. The number of nitrogens with two attached hydrogens (primary N) is 1. The zero-order valence-corrected chi connectivity index (χ0v) is 17.1. The molecule has 2 amide bonds. The number of hydrogen-bond donors (Lipinski definition) is 2. The second-order valence-corrected chi connectivity index (χ2v) is 9.03. The number of amides is 2. The highest BCUT2D eigenvalue weighted by atomic mass is 32.2. The lowest BCUT2D eigenvalue weighted by Gasteiger charge is -2.22. The summed E-state index contributed by atoms with van der Waals surface area (Å²) in [5, 5.41) is 8.33. The van der Waals surface area contributed by atoms with Crippen molar-refractivity contribution in [2.24, 2.45) is 5.14 Å². The van der Waals surface area contributed by atoms with E-state index in [0.29, 0.717) is 22.0 Å². The maximum absolute atomic E-state index is 13.2. The van der Waals surface area contributed by atoms with E-state index >= 15 is 0 Å². The Labute approximate surface area is 177 Å². The lowest BCUT2D eigenvalue weighted by atomic mass is 10.2. The van der Waals surface area contributed by atoms with Crippen LogP contribution in [0.2, 0.25) is 0 Å². The van der Waals surface area contributed by atoms with Crippen molar-refractivity contribution in [1.82, 2.24) is 4.98 Å². The summed E-state index contributed by atoms with van der Waals surface area (Å²) in [4.78, 5) is 32.3. The number of carbonyl (C=O) groups is 2. The molecule has 1 aliphatic rings. The van der Waals surface area contributed by atoms with Gasteiger partial charge in [0.1, 0.15) is 11.6 Å². The molecule has 3 N–H and O–H groups in total. The van der Waals surface area contributed by atoms with Gasteiger partial charge in [-0.25, -0.2) is 18.5 Å². The number of nitrogens with zero attached hydrogens (tertiary/aromatic N) is 2. The number of rotatable bonds is 4. The zero-order valence-electron chi connectivity index (χ0n) is 15.5. The van der Waals surface area contributed by atoms with E-state index < -0.39 is 15.9 Å². The minimum atomic E-state index is -3.82. The third-order valence-corrected chi connectivity index (χ3v) is 6.39. The minimum Gasteiger partial charge on any atom is -0.325 e. The summed E-state index contributed by atoms with van der Waals surface area (Å²) in [6.45, 7) is -0.221. The highest BCUT2D eigenvalue weighted by molar-refractivity contribution is 7.99. The molecule has 30 heavy (non-hydrogen) atoms. The summed E-state index contributed by atoms with van der Waals surface area (Å²) in [5.41, 5.74) is 1.42. The number of para-hydroxylation sites is 1. The zero-order chi connectivity index (χ0) is 21.3. The fourth-order valence-corrected chi connectivity index (χ4v) is 4.52. The number of fused-ring (bicyclic) bond motifs is 2. The molecule has 0 bridgehead atoms. The normalized spacial score (nSPS) is 13.2. The van der Waals surface area contributed by atoms with Crippen LogP contribution in [0.1, 0.15) is 10.4 Å². The van der Waals surface area contributed by atoms with Gasteiger partial charge in [-0.3, -0.25) is 14.5 Å². The highest BCUT2D eigenvalue weighted by Crippen LogP contribution is 2.39. The molecule has 8 nitrogen and oxygen atoms in total. The Bertz CT molecular complexity index is 1240. The standard InChI is InChI=1S/C20H16N4O4S2/c21-30(27,28)14-9-7-13(8-10-14)23-18(25)12-24-16-5-1-2-6-17(16)29-19-15(20(24)26)4-3-11-22-19/h1-11H,12H2,(H,23,25)(H2,21,27,28). The lowest BCUT2D eigenvalue weighted by molar-refractivity contribution is -0.114. The molecule has 0 saturated carbocycles. The SMILES string of the molecule is NS(=O)(=O)c1ccc(NC(=O)CN2C(=O)c3cccnc3Sc3ccccc32)cc1. The van der Waals surface area contributed by atoms with E-state index in [-0.39, 0.29) is 17.3 Å². The van der Waals surface area contributed by atoms with Gasteiger partial charge in [0, 0.05) is 16.8 Å². The largest absolute Gasteiger partial charge is 0.325 e. The van der Waals surface area contributed by atoms with Gasteiger partial charge in [-0.15, -0.1) is 0 Å². The summed E-state index contributed by atoms with van der Waals surface area (Å²) in [5.74, 6) is -0.755. The van der Waals surface area contributed by atoms with Crippen molar-refractivity contribution in [3.05, 3.63) is 72.4 Å². The quantitative estimate of drug-likeness (QED) is 0.643. The Kier molecular flexibility index (Phi) is 5.29. The second kappa shape index (κ2) is 7.90. The van der Waals surface area contributed by atoms with Crippen molar-refractivity contribution in [3.63, 3.8) is 0 Å². The van der Waals surface area contributed by atoms with E-state index in [2.05, 4.69) is 10.3 Å². The molecule has 1 aromatic heterocycles. The van der Waals surface area contributed by atoms with Crippen molar-refractivity contribution >= 4 is 45.0 Å². The van der Waals surface area contributed by atoms with E-state index in [4.69, 9.17) is 5.14 Å². The summed E-state index contributed by atoms with van der Waals surface area (Å²) < 4.78 is 22.7. The summed E-state index contributed by atoms with van der Waals surface area (Å²) in [6.07, 6.45) is 1.62. The monoisotopic (exact) mass is 440 g/mol. The Hall–Kier alpha value is -3.21. The second-order valence-electron chi connectivity index (χ2n) is 6.43. The van der Waals surface area contributed by atoms with Gasteiger partial charge >= 0.3 is 0 Å². The average molecular weight is 441 g/mol. The van der Waals surface area contributed by atoms with Crippen LogP contribution in [0.25, 0.3) is 0 Å². The summed E-state index contributed by atoms with van der Waals surface area (Å²) >= 11 is 1.37. The van der Waals surface area contributed by atoms with Crippen LogP contribution in [0.5, 0.6) is 0 Å². The van der Waals surface area contributed by atoms with E-state index in [0.717, 1.165) is 4.90 Å². The summed E-state index contributed by atoms with van der Waals surface area (Å²) in [6, 6.07) is 16.1. The molecule has 0 aliphatic carbocycles. The average Bonchev–Trinajstić information content (AvgIpc) is 2.83. The molecule has 0 atom stereocenters. The van der Waals surface area contributed by atoms with Gasteiger partial charge in [-0.1, -0.05) is 23.9 Å². The van der Waals surface area contributed by atoms with Gasteiger partial charge in [-0.05, 0) is 48.5 Å². The number of nitrogens with one attached hydrogen (secondary N) is 1. The molecule has 152 valence electrons. The fraction of sp³-hybridized carbons (Fsp3) is 0.0500. The Morgan fingerprint density at radius 1 is 1.07 bits per heavy atom. The molecular formula is C20H16N4O4S2. The predicted octanol–water partition coefficient (Wildman–Crippen LogP) is 2.48. The van der Waals surface area contributed by atoms with Crippen molar-refractivity contribution in [2.45, 2.75) is 14.8 Å². The predicted molar refractivity (Wildman–Crippen MR) is 113 cm³/mol. The molecule has 2 heterocycles. The Morgan fingerprint density at radius 3 is 2.53 bits per heavy atom. The van der Waals surface area contributed by atoms with Crippen LogP contribution in [0.4, 0.5) is 11.4 Å². The first-order chi connectivity index (χ1) is 14.3. The highest BCUT2D eigenvalue weighted by Gasteiger charge is 2.29. The molecule has 0 unspecified atom stereocenters. The first-order valence-corrected chi connectivity index (χ1v) is 11.2. The molecule has 1 aliphatic heterocycles. The van der Waals surface area contributed by atoms with Gasteiger partial charge in [0.25, 0.3) is 5.91 Å². The van der Waals surface area contributed by atoms with Crippen LogP contribution >= 0.6 is 11.8 Å². The molecule has 0 radical (unpaired) electrons. The van der Waals surface area contributed by atoms with E-state index in [1.807, 2.05) is 12.1 Å². The van der Waals surface area contributed by atoms with E-state index in [1.165, 1.54) is 40.9 Å². The Morgan fingerprint density at radius 2 is 1.80 bits per heavy atom. The molecule has 0 spiro atoms. The Balaban J connectivity index is 1.60. The van der Waals surface area contributed by atoms with E-state index in [9.17, 15) is 18.0 Å². The molecule has 0 fully saturated rings. The minimum absolute atomic E-state index is 0.0572. The maximum Gasteiger partial charge on any atom is 0.261 e. The number of benzene rings is 2. The van der Waals surface area contributed by atoms with Crippen molar-refractivity contribution < 1.29 is 18.0 Å². The van der Waals surface area contributed by atoms with Gasteiger partial charge in [0.05, 0.1) is 16.1 Å². The van der Waals surface area contributed by atoms with Gasteiger partial charge in [0.2, 0.25) is 15.9 Å². The molecule has 4 rings (SSSR count). The van der Waals surface area contributed by atoms with Crippen LogP contribution in [-0.4, -0.2) is 31.8 Å². The molecule has 10 heteroatoms. The number of carbonyl (C=O) groups excluding carboxylic acids is 2. The fourth-order valence-electron chi connectivity index (χ4n) is 2.99. The van der Waals surface area contributed by atoms with Crippen molar-refractivity contribution in [2.75, 3.05) is 16.8 Å². The van der Waals surface area contributed by atoms with Crippen molar-refractivity contribution in [3.8, 4) is 0 Å². The van der Waals surface area contributed by atoms with Gasteiger partial charge in [-0.2, -0.15) is 0 Å². The lowest BCUT2D eigenvalue weighted by Crippen LogP contribution is -2.38. The number of pyridine rings is 1. The number of primary sulfonamides is 1. The van der Waals surface area contributed by atoms with Crippen molar-refractivity contribution in [1.29, 1.82) is 0 Å². The van der Waals surface area contributed by atoms with Gasteiger partial charge in [0.15, 0.2) is 0 Å². The van der Waals surface area contributed by atoms with Crippen LogP contribution in [-0.2, 0) is 14.8 Å². The molecule has 2 aromatic carbocycles. The van der Waals surface area contributed by atoms with E-state index in [1.54, 1.807) is 30.5 Å². The van der Waals surface area contributed by atoms with Gasteiger partial charge < -0.3 is 5.32 Å². The first kappa shape index (κ1) is 20.1. The third kappa shape index (κ3) is 4.06. The van der Waals surface area contributed by atoms with Crippen LogP contribution < -0.4 is 15.4 Å². The summed E-state index contributed by atoms with van der Waals surface area (Å²) in [7, 11) is -3.82. The third-order valence-electron chi connectivity index (χ3n) is 4.38. The van der Waals surface area contributed by atoms with Crippen LogP contribution in [0.15, 0.2) is 81.7 Å². The number of sulfonamides is 1. The number of hydrogen-bond acceptors (Lipinski definition) is 6. The molecular weight excluding hydrogens is 424 g/mol. The number of anilines is 2.